The van der Waals surface area contributed by atoms with Crippen LogP contribution in [0.3, 0.4) is 0 Å². The van der Waals surface area contributed by atoms with Crippen LogP contribution in [0.4, 0.5) is 0 Å². The average molecular weight is 496 g/mol. The lowest BCUT2D eigenvalue weighted by Crippen LogP contribution is -2.11. The lowest BCUT2D eigenvalue weighted by molar-refractivity contribution is -0.140. The van der Waals surface area contributed by atoms with E-state index in [9.17, 15) is 9.90 Å². The number of hydrogen-bond acceptors (Lipinski definition) is 7. The fraction of sp³-hybridized carbons (Fsp3) is 0.200. The minimum Gasteiger partial charge on any atom is -0.507 e. The molecule has 0 amide bonds. The Morgan fingerprint density at radius 2 is 1.27 bits per heavy atom. The largest absolute Gasteiger partial charge is 0.507 e. The molecule has 1 heterocycles. The van der Waals surface area contributed by atoms with Crippen LogP contribution >= 0.6 is 0 Å². The van der Waals surface area contributed by atoms with E-state index in [1.807, 2.05) is 52.0 Å². The van der Waals surface area contributed by atoms with Crippen LogP contribution < -0.4 is 4.74 Å². The lowest BCUT2D eigenvalue weighted by Gasteiger charge is -2.13. The summed E-state index contributed by atoms with van der Waals surface area (Å²) in [7, 11) is 0. The van der Waals surface area contributed by atoms with Gasteiger partial charge >= 0.3 is 5.97 Å². The van der Waals surface area contributed by atoms with Crippen LogP contribution in [0.1, 0.15) is 29.2 Å². The van der Waals surface area contributed by atoms with E-state index in [2.05, 4.69) is 18.7 Å². The molecule has 0 unspecified atom stereocenters. The molecule has 0 aliphatic rings. The zero-order valence-electron chi connectivity index (χ0n) is 21.6. The first kappa shape index (κ1) is 25.6. The number of nitrogens with zero attached hydrogens (tertiary/aromatic N) is 3. The summed E-state index contributed by atoms with van der Waals surface area (Å²) >= 11 is 0. The van der Waals surface area contributed by atoms with Crippen molar-refractivity contribution < 1.29 is 19.4 Å². The minimum atomic E-state index is -0.667. The number of carbonyl (C=O) groups excluding carboxylic acids is 1. The third-order valence-electron chi connectivity index (χ3n) is 5.84. The predicted molar refractivity (Wildman–Crippen MR) is 143 cm³/mol. The van der Waals surface area contributed by atoms with Gasteiger partial charge in [-0.15, -0.1) is 0 Å². The summed E-state index contributed by atoms with van der Waals surface area (Å²) in [5, 5.41) is 10.9. The highest BCUT2D eigenvalue weighted by Crippen LogP contribution is 2.34. The van der Waals surface area contributed by atoms with Crippen molar-refractivity contribution in [2.75, 3.05) is 6.61 Å². The monoisotopic (exact) mass is 495 g/mol. The van der Waals surface area contributed by atoms with Crippen molar-refractivity contribution in [1.82, 2.24) is 15.0 Å². The zero-order chi connectivity index (χ0) is 26.7. The van der Waals surface area contributed by atoms with E-state index in [1.54, 1.807) is 19.1 Å². The third kappa shape index (κ3) is 5.67. The zero-order valence-corrected chi connectivity index (χ0v) is 21.6. The first-order valence-corrected chi connectivity index (χ1v) is 11.9. The summed E-state index contributed by atoms with van der Waals surface area (Å²) in [4.78, 5) is 26.1. The van der Waals surface area contributed by atoms with E-state index in [0.717, 1.165) is 33.4 Å². The van der Waals surface area contributed by atoms with Crippen LogP contribution in [0.25, 0.3) is 34.2 Å². The molecular formula is C30H29N3O4. The first-order valence-electron chi connectivity index (χ1n) is 11.9. The van der Waals surface area contributed by atoms with Gasteiger partial charge in [0.2, 0.25) is 5.76 Å². The normalized spacial score (nSPS) is 10.7. The number of esters is 1. The molecule has 4 rings (SSSR count). The van der Waals surface area contributed by atoms with Crippen molar-refractivity contribution in [2.45, 2.75) is 34.6 Å². The van der Waals surface area contributed by atoms with Crippen LogP contribution in [-0.2, 0) is 9.53 Å². The second kappa shape index (κ2) is 10.6. The fourth-order valence-electron chi connectivity index (χ4n) is 4.03. The summed E-state index contributed by atoms with van der Waals surface area (Å²) in [6.07, 6.45) is 0. The molecule has 0 aliphatic heterocycles. The molecule has 4 aromatic rings. The quantitative estimate of drug-likeness (QED) is 0.183. The molecule has 0 bridgehead atoms. The number of aromatic hydroxyl groups is 1. The maximum atomic E-state index is 11.8. The molecule has 1 N–H and O–H groups in total. The first-order chi connectivity index (χ1) is 17.7. The Labute approximate surface area is 216 Å². The molecule has 3 aromatic carbocycles. The van der Waals surface area contributed by atoms with E-state index in [4.69, 9.17) is 24.4 Å². The van der Waals surface area contributed by atoms with Gasteiger partial charge in [-0.3, -0.25) is 0 Å². The van der Waals surface area contributed by atoms with Gasteiger partial charge in [-0.2, -0.15) is 0 Å². The van der Waals surface area contributed by atoms with Crippen LogP contribution in [-0.4, -0.2) is 32.6 Å². The average Bonchev–Trinajstić information content (AvgIpc) is 2.84. The molecule has 7 nitrogen and oxygen atoms in total. The lowest BCUT2D eigenvalue weighted by atomic mass is 10.0. The van der Waals surface area contributed by atoms with Gasteiger partial charge in [-0.1, -0.05) is 47.5 Å². The van der Waals surface area contributed by atoms with Gasteiger partial charge in [-0.05, 0) is 64.5 Å². The Bertz CT molecular complexity index is 1440. The van der Waals surface area contributed by atoms with Crippen LogP contribution in [0.15, 0.2) is 66.9 Å². The van der Waals surface area contributed by atoms with Gasteiger partial charge in [0.15, 0.2) is 17.5 Å². The number of ether oxygens (including phenoxy) is 2. The van der Waals surface area contributed by atoms with Crippen molar-refractivity contribution in [3.8, 4) is 45.7 Å². The molecule has 0 atom stereocenters. The molecule has 37 heavy (non-hydrogen) atoms. The van der Waals surface area contributed by atoms with Gasteiger partial charge in [-0.25, -0.2) is 19.7 Å². The Hall–Kier alpha value is -4.52. The van der Waals surface area contributed by atoms with Crippen molar-refractivity contribution in [3.05, 3.63) is 89.2 Å². The molecule has 0 radical (unpaired) electrons. The predicted octanol–water partition coefficient (Wildman–Crippen LogP) is 6.27. The number of benzene rings is 3. The molecule has 0 aliphatic carbocycles. The minimum absolute atomic E-state index is 0.112. The Balaban J connectivity index is 1.81. The molecule has 0 saturated carbocycles. The molecule has 0 spiro atoms. The van der Waals surface area contributed by atoms with Crippen LogP contribution in [0.5, 0.6) is 11.5 Å². The van der Waals surface area contributed by atoms with Gasteiger partial charge in [0.1, 0.15) is 11.5 Å². The van der Waals surface area contributed by atoms with Gasteiger partial charge in [0, 0.05) is 17.2 Å². The van der Waals surface area contributed by atoms with E-state index >= 15 is 0 Å². The fourth-order valence-corrected chi connectivity index (χ4v) is 4.03. The van der Waals surface area contributed by atoms with E-state index in [0.29, 0.717) is 23.0 Å². The number of hydrogen-bond donors (Lipinski definition) is 1. The topological polar surface area (TPSA) is 94.4 Å². The van der Waals surface area contributed by atoms with Crippen molar-refractivity contribution >= 4 is 5.97 Å². The van der Waals surface area contributed by atoms with Gasteiger partial charge < -0.3 is 14.6 Å². The molecular weight excluding hydrogens is 466 g/mol. The van der Waals surface area contributed by atoms with E-state index in [-0.39, 0.29) is 23.9 Å². The number of phenols is 1. The SMILES string of the molecule is C=C(Oc1ccc(-c2nc(-c3ccc(C)cc3C)nc(-c3ccc(C)cc3C)n2)c(O)c1)C(=O)OCC. The van der Waals surface area contributed by atoms with Gasteiger partial charge in [0.25, 0.3) is 0 Å². The molecule has 188 valence electrons. The molecule has 7 heteroatoms. The summed E-state index contributed by atoms with van der Waals surface area (Å²) in [5.74, 6) is 0.605. The third-order valence-corrected chi connectivity index (χ3v) is 5.84. The number of carbonyl (C=O) groups is 1. The van der Waals surface area contributed by atoms with E-state index < -0.39 is 5.97 Å². The number of aryl methyl sites for hydroxylation is 4. The summed E-state index contributed by atoms with van der Waals surface area (Å²) in [5.41, 5.74) is 6.51. The highest BCUT2D eigenvalue weighted by molar-refractivity contribution is 5.86. The van der Waals surface area contributed by atoms with Crippen molar-refractivity contribution in [3.63, 3.8) is 0 Å². The van der Waals surface area contributed by atoms with E-state index in [1.165, 1.54) is 6.07 Å². The molecule has 0 fully saturated rings. The summed E-state index contributed by atoms with van der Waals surface area (Å²) < 4.78 is 10.3. The highest BCUT2D eigenvalue weighted by atomic mass is 16.6. The Kier molecular flexibility index (Phi) is 7.34. The molecule has 1 aromatic heterocycles. The highest BCUT2D eigenvalue weighted by Gasteiger charge is 2.18. The number of aromatic nitrogens is 3. The van der Waals surface area contributed by atoms with Crippen LogP contribution in [0, 0.1) is 27.7 Å². The smallest absolute Gasteiger partial charge is 0.373 e. The second-order valence-corrected chi connectivity index (χ2v) is 8.87. The van der Waals surface area contributed by atoms with Gasteiger partial charge in [0.05, 0.1) is 12.2 Å². The standard InChI is InChI=1S/C30H29N3O4/c1-7-36-30(35)21(6)37-22-10-13-25(26(34)16-22)29-32-27(23-11-8-17(2)14-19(23)4)31-28(33-29)24-12-9-18(3)15-20(24)5/h8-16,34H,6-7H2,1-5H3. The molecule has 0 saturated heterocycles. The van der Waals surface area contributed by atoms with Crippen molar-refractivity contribution in [1.29, 1.82) is 0 Å². The van der Waals surface area contributed by atoms with Crippen molar-refractivity contribution in [2.24, 2.45) is 0 Å². The second-order valence-electron chi connectivity index (χ2n) is 8.87. The maximum Gasteiger partial charge on any atom is 0.373 e. The Morgan fingerprint density at radius 3 is 1.73 bits per heavy atom. The summed E-state index contributed by atoms with van der Waals surface area (Å²) in [6.45, 7) is 13.6. The number of phenolic OH excluding ortho intramolecular Hbond substituents is 1. The van der Waals surface area contributed by atoms with Crippen LogP contribution in [0.2, 0.25) is 0 Å². The summed E-state index contributed by atoms with van der Waals surface area (Å²) in [6, 6.07) is 16.8. The number of rotatable bonds is 7. The Morgan fingerprint density at radius 1 is 0.784 bits per heavy atom. The maximum absolute atomic E-state index is 11.8.